The smallest absolute Gasteiger partial charge is 0.169 e. The largest absolute Gasteiger partial charge is 0.489 e. The SMILES string of the molecule is CC(COc1ccc(Oc2ccccc2OCC=C(Br)Br)c(C(C)C)c1)=C(Cl)Cl. The highest BCUT2D eigenvalue weighted by molar-refractivity contribution is 9.28. The molecular weight excluding hydrogens is 543 g/mol. The summed E-state index contributed by atoms with van der Waals surface area (Å²) >= 11 is 18.2. The molecule has 0 heterocycles. The number of hydrogen-bond acceptors (Lipinski definition) is 3. The van der Waals surface area contributed by atoms with Crippen molar-refractivity contribution in [2.75, 3.05) is 13.2 Å². The van der Waals surface area contributed by atoms with E-state index in [0.717, 1.165) is 26.0 Å². The predicted molar refractivity (Wildman–Crippen MR) is 128 cm³/mol. The van der Waals surface area contributed by atoms with Crippen molar-refractivity contribution >= 4 is 55.1 Å². The first-order valence-electron chi connectivity index (χ1n) is 8.96. The number of ether oxygens (including phenoxy) is 3. The first-order chi connectivity index (χ1) is 13.8. The van der Waals surface area contributed by atoms with Gasteiger partial charge in [-0.1, -0.05) is 49.2 Å². The molecule has 0 spiro atoms. The molecular formula is C22H22Br2Cl2O3. The molecule has 0 amide bonds. The minimum atomic E-state index is 0.229. The normalized spacial score (nSPS) is 10.5. The van der Waals surface area contributed by atoms with Crippen LogP contribution in [0.3, 0.4) is 0 Å². The molecule has 0 saturated carbocycles. The monoisotopic (exact) mass is 562 g/mol. The number of para-hydroxylation sites is 2. The van der Waals surface area contributed by atoms with E-state index in [9.17, 15) is 0 Å². The van der Waals surface area contributed by atoms with Crippen LogP contribution >= 0.6 is 55.1 Å². The minimum Gasteiger partial charge on any atom is -0.489 e. The maximum absolute atomic E-state index is 6.20. The number of hydrogen-bond donors (Lipinski definition) is 0. The fourth-order valence-electron chi connectivity index (χ4n) is 2.37. The maximum Gasteiger partial charge on any atom is 0.169 e. The van der Waals surface area contributed by atoms with Gasteiger partial charge in [-0.3, -0.25) is 0 Å². The van der Waals surface area contributed by atoms with Gasteiger partial charge in [-0.05, 0) is 86.7 Å². The Kier molecular flexibility index (Phi) is 9.90. The van der Waals surface area contributed by atoms with E-state index in [4.69, 9.17) is 37.4 Å². The summed E-state index contributed by atoms with van der Waals surface area (Å²) in [5, 5.41) is 0. The molecule has 0 fully saturated rings. The molecule has 2 rings (SSSR count). The molecule has 0 aromatic heterocycles. The molecule has 0 aliphatic carbocycles. The Labute approximate surface area is 198 Å². The second kappa shape index (κ2) is 11.9. The third kappa shape index (κ3) is 7.89. The van der Waals surface area contributed by atoms with Crippen LogP contribution < -0.4 is 14.2 Å². The predicted octanol–water partition coefficient (Wildman–Crippen LogP) is 8.70. The summed E-state index contributed by atoms with van der Waals surface area (Å²) < 4.78 is 18.9. The lowest BCUT2D eigenvalue weighted by Crippen LogP contribution is -2.02. The number of halogens is 4. The Morgan fingerprint density at radius 1 is 1.00 bits per heavy atom. The van der Waals surface area contributed by atoms with E-state index in [1.807, 2.05) is 55.5 Å². The topological polar surface area (TPSA) is 27.7 Å². The van der Waals surface area contributed by atoms with Crippen molar-refractivity contribution in [1.29, 1.82) is 0 Å². The van der Waals surface area contributed by atoms with E-state index >= 15 is 0 Å². The fourth-order valence-corrected chi connectivity index (χ4v) is 2.75. The maximum atomic E-state index is 6.20. The number of rotatable bonds is 9. The zero-order chi connectivity index (χ0) is 21.4. The lowest BCUT2D eigenvalue weighted by Gasteiger charge is -2.17. The molecule has 0 radical (unpaired) electrons. The van der Waals surface area contributed by atoms with E-state index in [-0.39, 0.29) is 10.4 Å². The molecule has 0 saturated heterocycles. The summed E-state index contributed by atoms with van der Waals surface area (Å²) in [5.41, 5.74) is 1.80. The van der Waals surface area contributed by atoms with E-state index in [2.05, 4.69) is 45.7 Å². The van der Waals surface area contributed by atoms with Crippen LogP contribution in [-0.2, 0) is 0 Å². The van der Waals surface area contributed by atoms with Crippen molar-refractivity contribution in [1.82, 2.24) is 0 Å². The van der Waals surface area contributed by atoms with Crippen molar-refractivity contribution in [2.45, 2.75) is 26.7 Å². The molecule has 0 aliphatic heterocycles. The van der Waals surface area contributed by atoms with Crippen molar-refractivity contribution < 1.29 is 14.2 Å². The molecule has 156 valence electrons. The highest BCUT2D eigenvalue weighted by atomic mass is 79.9. The molecule has 7 heteroatoms. The summed E-state index contributed by atoms with van der Waals surface area (Å²) in [5.74, 6) is 3.03. The molecule has 0 bridgehead atoms. The van der Waals surface area contributed by atoms with Crippen molar-refractivity contribution in [3.63, 3.8) is 0 Å². The first kappa shape index (κ1) is 24.1. The second-order valence-corrected chi connectivity index (χ2v) is 10.3. The van der Waals surface area contributed by atoms with Crippen molar-refractivity contribution in [3.05, 3.63) is 67.6 Å². The van der Waals surface area contributed by atoms with Crippen molar-refractivity contribution in [2.24, 2.45) is 0 Å². The summed E-state index contributed by atoms with van der Waals surface area (Å²) in [6.07, 6.45) is 1.87. The molecule has 0 N–H and O–H groups in total. The summed E-state index contributed by atoms with van der Waals surface area (Å²) in [4.78, 5) is 0. The van der Waals surface area contributed by atoms with Gasteiger partial charge in [0, 0.05) is 5.56 Å². The van der Waals surface area contributed by atoms with Crippen molar-refractivity contribution in [3.8, 4) is 23.0 Å². The van der Waals surface area contributed by atoms with Gasteiger partial charge in [-0.25, -0.2) is 0 Å². The van der Waals surface area contributed by atoms with Gasteiger partial charge >= 0.3 is 0 Å². The molecule has 29 heavy (non-hydrogen) atoms. The third-order valence-corrected chi connectivity index (χ3v) is 5.22. The highest BCUT2D eigenvalue weighted by Gasteiger charge is 2.13. The van der Waals surface area contributed by atoms with Crippen LogP contribution in [0.1, 0.15) is 32.3 Å². The summed E-state index contributed by atoms with van der Waals surface area (Å²) in [7, 11) is 0. The Morgan fingerprint density at radius 3 is 2.31 bits per heavy atom. The fraction of sp³-hybridized carbons (Fsp3) is 0.273. The molecule has 2 aromatic rings. The molecule has 0 atom stereocenters. The average Bonchev–Trinajstić information content (AvgIpc) is 2.67. The van der Waals surface area contributed by atoms with E-state index in [0.29, 0.717) is 24.7 Å². The van der Waals surface area contributed by atoms with Gasteiger partial charge in [0.25, 0.3) is 0 Å². The molecule has 2 aromatic carbocycles. The van der Waals surface area contributed by atoms with Gasteiger partial charge in [0.2, 0.25) is 0 Å². The zero-order valence-corrected chi connectivity index (χ0v) is 21.0. The molecule has 0 unspecified atom stereocenters. The van der Waals surface area contributed by atoms with Gasteiger partial charge in [0.05, 0.1) is 3.39 Å². The summed E-state index contributed by atoms with van der Waals surface area (Å²) in [6, 6.07) is 13.3. The van der Waals surface area contributed by atoms with E-state index in [1.165, 1.54) is 0 Å². The summed E-state index contributed by atoms with van der Waals surface area (Å²) in [6.45, 7) is 6.77. The Morgan fingerprint density at radius 2 is 1.69 bits per heavy atom. The van der Waals surface area contributed by atoms with Gasteiger partial charge in [0.1, 0.15) is 29.2 Å². The minimum absolute atomic E-state index is 0.229. The van der Waals surface area contributed by atoms with Crippen LogP contribution in [0, 0.1) is 0 Å². The Hall–Kier alpha value is -1.14. The standard InChI is InChI=1S/C22H22Br2Cl2O3/c1-14(2)17-12-16(28-13-15(3)22(25)26)8-9-18(17)29-20-7-5-4-6-19(20)27-11-10-21(23)24/h4-10,12,14H,11,13H2,1-3H3. The van der Waals surface area contributed by atoms with E-state index < -0.39 is 0 Å². The van der Waals surface area contributed by atoms with Crippen LogP contribution in [0.4, 0.5) is 0 Å². The van der Waals surface area contributed by atoms with Gasteiger partial charge in [0.15, 0.2) is 11.5 Å². The molecule has 3 nitrogen and oxygen atoms in total. The van der Waals surface area contributed by atoms with E-state index in [1.54, 1.807) is 0 Å². The van der Waals surface area contributed by atoms with Gasteiger partial charge < -0.3 is 14.2 Å². The average molecular weight is 565 g/mol. The van der Waals surface area contributed by atoms with Gasteiger partial charge in [-0.2, -0.15) is 0 Å². The molecule has 0 aliphatic rings. The van der Waals surface area contributed by atoms with Crippen LogP contribution in [0.2, 0.25) is 0 Å². The lowest BCUT2D eigenvalue weighted by atomic mass is 10.0. The quantitative estimate of drug-likeness (QED) is 0.305. The first-order valence-corrected chi connectivity index (χ1v) is 11.3. The van der Waals surface area contributed by atoms with Crippen LogP contribution in [-0.4, -0.2) is 13.2 Å². The van der Waals surface area contributed by atoms with Gasteiger partial charge in [-0.15, -0.1) is 0 Å². The highest BCUT2D eigenvalue weighted by Crippen LogP contribution is 2.37. The zero-order valence-electron chi connectivity index (χ0n) is 16.3. The van der Waals surface area contributed by atoms with Crippen LogP contribution in [0.15, 0.2) is 62.0 Å². The third-order valence-electron chi connectivity index (χ3n) is 3.93. The lowest BCUT2D eigenvalue weighted by molar-refractivity contribution is 0.337. The van der Waals surface area contributed by atoms with Crippen LogP contribution in [0.5, 0.6) is 23.0 Å². The Bertz CT molecular complexity index is 887. The Balaban J connectivity index is 2.22. The number of benzene rings is 2. The van der Waals surface area contributed by atoms with Crippen LogP contribution in [0.25, 0.3) is 0 Å². The second-order valence-electron chi connectivity index (χ2n) is 6.54.